The molecule has 6 N–H and O–H groups in total. The highest BCUT2D eigenvalue weighted by Gasteiger charge is 2.57. The molecule has 1 saturated heterocycles. The minimum atomic E-state index is -5.51. The molecule has 1 aromatic heterocycles. The monoisotopic (exact) mass is 450 g/mol. The molecule has 0 aromatic carbocycles. The van der Waals surface area contributed by atoms with E-state index in [4.69, 9.17) is 14.7 Å². The molecule has 1 aliphatic rings. The quantitative estimate of drug-likeness (QED) is 0.186. The van der Waals surface area contributed by atoms with Crippen LogP contribution in [-0.4, -0.2) is 65.4 Å². The Labute approximate surface area is 152 Å². The molecule has 1 unspecified atom stereocenters. The second kappa shape index (κ2) is 7.68. The third kappa shape index (κ3) is 4.87. The number of H-pyrrole nitrogens is 1. The first-order valence-corrected chi connectivity index (χ1v) is 9.99. The van der Waals surface area contributed by atoms with E-state index in [0.717, 1.165) is 0 Å². The van der Waals surface area contributed by atoms with Gasteiger partial charge in [0.25, 0.3) is 11.4 Å². The Kier molecular flexibility index (Phi) is 6.23. The first kappa shape index (κ1) is 22.7. The number of ether oxygens (including phenoxy) is 1. The number of nitrogens with one attached hydrogen (secondary N) is 1. The van der Waals surface area contributed by atoms with E-state index in [9.17, 15) is 38.1 Å². The van der Waals surface area contributed by atoms with Crippen LogP contribution < -0.4 is 11.2 Å². The maximum atomic E-state index is 14.8. The van der Waals surface area contributed by atoms with E-state index < -0.39 is 63.4 Å². The summed E-state index contributed by atoms with van der Waals surface area (Å²) in [7, 11) is -11.0. The molecule has 0 bridgehead atoms. The molecule has 28 heavy (non-hydrogen) atoms. The number of hydrogen-bond acceptors (Lipinski definition) is 10. The van der Waals surface area contributed by atoms with Crippen LogP contribution in [0.4, 0.5) is 4.39 Å². The van der Waals surface area contributed by atoms with Crippen molar-refractivity contribution in [1.29, 1.82) is 0 Å². The van der Waals surface area contributed by atoms with Crippen molar-refractivity contribution in [3.8, 4) is 0 Å². The molecule has 1 aromatic rings. The molecular formula is C10H13FN2O13P2. The fourth-order valence-electron chi connectivity index (χ4n) is 2.19. The fraction of sp³-hybridized carbons (Fsp3) is 0.500. The van der Waals surface area contributed by atoms with Gasteiger partial charge in [0.15, 0.2) is 12.5 Å². The van der Waals surface area contributed by atoms with Gasteiger partial charge in [-0.3, -0.25) is 23.7 Å². The lowest BCUT2D eigenvalue weighted by atomic mass is 10.1. The highest BCUT2D eigenvalue weighted by Crippen LogP contribution is 2.58. The fourth-order valence-corrected chi connectivity index (χ4v) is 3.80. The summed E-state index contributed by atoms with van der Waals surface area (Å²) in [6.45, 7) is -1.67. The first-order chi connectivity index (χ1) is 12.7. The number of carbonyl (C=O) groups is 1. The number of alkyl halides is 1. The SMILES string of the molecule is O=Cc1cn([C@@H]2O[C@](F)(COP(=O)(O)OP(=O)(O)O)[C@@H](O)[C@H]2O)c(=O)[nH]c1=O. The molecule has 158 valence electrons. The van der Waals surface area contributed by atoms with E-state index >= 15 is 0 Å². The lowest BCUT2D eigenvalue weighted by Gasteiger charge is -2.23. The Hall–Kier alpha value is -1.58. The van der Waals surface area contributed by atoms with Crippen molar-refractivity contribution in [3.63, 3.8) is 0 Å². The summed E-state index contributed by atoms with van der Waals surface area (Å²) < 4.78 is 49.1. The maximum absolute atomic E-state index is 14.8. The number of hydrogen-bond donors (Lipinski definition) is 6. The van der Waals surface area contributed by atoms with Crippen molar-refractivity contribution < 1.29 is 56.8 Å². The number of phosphoric ester groups is 1. The van der Waals surface area contributed by atoms with Gasteiger partial charge in [-0.1, -0.05) is 0 Å². The molecule has 15 nitrogen and oxygen atoms in total. The van der Waals surface area contributed by atoms with Crippen molar-refractivity contribution in [3.05, 3.63) is 32.6 Å². The van der Waals surface area contributed by atoms with E-state index in [-0.39, 0.29) is 6.29 Å². The Morgan fingerprint density at radius 3 is 2.46 bits per heavy atom. The summed E-state index contributed by atoms with van der Waals surface area (Å²) in [6.07, 6.45) is -6.06. The van der Waals surface area contributed by atoms with E-state index in [2.05, 4.69) is 13.6 Å². The zero-order valence-corrected chi connectivity index (χ0v) is 15.1. The highest BCUT2D eigenvalue weighted by atomic mass is 31.3. The Morgan fingerprint density at radius 2 is 1.93 bits per heavy atom. The number of aromatic amines is 1. The van der Waals surface area contributed by atoms with Crippen molar-refractivity contribution in [2.24, 2.45) is 0 Å². The number of aromatic nitrogens is 2. The summed E-state index contributed by atoms with van der Waals surface area (Å²) in [5.41, 5.74) is -2.95. The number of aldehydes is 1. The second-order valence-electron chi connectivity index (χ2n) is 5.41. The Balaban J connectivity index is 2.27. The van der Waals surface area contributed by atoms with Crippen molar-refractivity contribution in [2.45, 2.75) is 24.3 Å². The number of carbonyl (C=O) groups excluding carboxylic acids is 1. The lowest BCUT2D eigenvalue weighted by Crippen LogP contribution is -2.43. The summed E-state index contributed by atoms with van der Waals surface area (Å²) in [5.74, 6) is -3.46. The average molecular weight is 450 g/mol. The molecule has 0 radical (unpaired) electrons. The van der Waals surface area contributed by atoms with Gasteiger partial charge >= 0.3 is 21.3 Å². The minimum Gasteiger partial charge on any atom is -0.385 e. The van der Waals surface area contributed by atoms with Gasteiger partial charge in [0, 0.05) is 6.20 Å². The molecule has 0 saturated carbocycles. The highest BCUT2D eigenvalue weighted by molar-refractivity contribution is 7.60. The van der Waals surface area contributed by atoms with Crippen LogP contribution in [0.3, 0.4) is 0 Å². The van der Waals surface area contributed by atoms with Gasteiger partial charge in [-0.15, -0.1) is 0 Å². The smallest absolute Gasteiger partial charge is 0.385 e. The summed E-state index contributed by atoms with van der Waals surface area (Å²) in [5, 5.41) is 19.7. The molecular weight excluding hydrogens is 437 g/mol. The van der Waals surface area contributed by atoms with Gasteiger partial charge in [0.1, 0.15) is 18.8 Å². The molecule has 18 heteroatoms. The topological polar surface area (TPSA) is 235 Å². The van der Waals surface area contributed by atoms with Crippen LogP contribution >= 0.6 is 15.6 Å². The van der Waals surface area contributed by atoms with Crippen LogP contribution in [-0.2, 0) is 22.7 Å². The van der Waals surface area contributed by atoms with Crippen LogP contribution in [0.15, 0.2) is 15.8 Å². The molecule has 0 spiro atoms. The molecule has 0 aliphatic carbocycles. The van der Waals surface area contributed by atoms with E-state index in [1.54, 1.807) is 4.98 Å². The molecule has 2 heterocycles. The largest absolute Gasteiger partial charge is 0.481 e. The van der Waals surface area contributed by atoms with Gasteiger partial charge in [0.2, 0.25) is 0 Å². The van der Waals surface area contributed by atoms with Crippen LogP contribution in [0.5, 0.6) is 0 Å². The van der Waals surface area contributed by atoms with Crippen LogP contribution in [0, 0.1) is 0 Å². The molecule has 0 amide bonds. The number of aliphatic hydroxyl groups is 2. The molecule has 2 rings (SSSR count). The van der Waals surface area contributed by atoms with Crippen molar-refractivity contribution in [2.75, 3.05) is 6.61 Å². The van der Waals surface area contributed by atoms with E-state index in [0.29, 0.717) is 10.8 Å². The number of halogens is 1. The van der Waals surface area contributed by atoms with Crippen LogP contribution in [0.25, 0.3) is 0 Å². The number of rotatable bonds is 7. The summed E-state index contributed by atoms with van der Waals surface area (Å²) >= 11 is 0. The van der Waals surface area contributed by atoms with Crippen molar-refractivity contribution in [1.82, 2.24) is 9.55 Å². The maximum Gasteiger partial charge on any atom is 0.481 e. The number of phosphoric acid groups is 2. The zero-order valence-electron chi connectivity index (χ0n) is 13.3. The third-order valence-corrected chi connectivity index (χ3v) is 5.54. The summed E-state index contributed by atoms with van der Waals surface area (Å²) in [4.78, 5) is 61.7. The van der Waals surface area contributed by atoms with Crippen LogP contribution in [0.2, 0.25) is 0 Å². The Bertz CT molecular complexity index is 971. The van der Waals surface area contributed by atoms with E-state index in [1.165, 1.54) is 0 Å². The predicted octanol–water partition coefficient (Wildman–Crippen LogP) is -2.51. The van der Waals surface area contributed by atoms with Crippen LogP contribution in [0.1, 0.15) is 16.6 Å². The number of nitrogens with zero attached hydrogens (tertiary/aromatic N) is 1. The van der Waals surface area contributed by atoms with Crippen molar-refractivity contribution >= 4 is 21.9 Å². The lowest BCUT2D eigenvalue weighted by molar-refractivity contribution is -0.204. The van der Waals surface area contributed by atoms with Gasteiger partial charge in [-0.05, 0) is 0 Å². The predicted molar refractivity (Wildman–Crippen MR) is 81.6 cm³/mol. The minimum absolute atomic E-state index is 0.0414. The zero-order chi connectivity index (χ0) is 21.5. The van der Waals surface area contributed by atoms with Gasteiger partial charge < -0.3 is 29.6 Å². The first-order valence-electron chi connectivity index (χ1n) is 6.97. The average Bonchev–Trinajstić information content (AvgIpc) is 2.76. The molecule has 1 fully saturated rings. The molecule has 1 aliphatic heterocycles. The second-order valence-corrected chi connectivity index (χ2v) is 8.24. The van der Waals surface area contributed by atoms with Gasteiger partial charge in [-0.2, -0.15) is 4.31 Å². The summed E-state index contributed by atoms with van der Waals surface area (Å²) in [6, 6.07) is 0. The van der Waals surface area contributed by atoms with E-state index in [1.807, 2.05) is 0 Å². The van der Waals surface area contributed by atoms with Gasteiger partial charge in [0.05, 0.1) is 5.56 Å². The third-order valence-electron chi connectivity index (χ3n) is 3.40. The standard InChI is InChI=1S/C10H13FN2O13P2/c11-10(3-24-28(22,23)26-27(19,20)21)6(16)5(15)8(25-10)13-1-4(2-14)7(17)12-9(13)18/h1-2,5-6,8,15-16H,3H2,(H,22,23)(H,12,17,18)(H2,19,20,21)/t5-,6+,8-,10-/m1/s1. The Morgan fingerprint density at radius 1 is 1.32 bits per heavy atom. The normalized spacial score (nSPS) is 30.1. The molecule has 5 atom stereocenters. The number of aliphatic hydroxyl groups excluding tert-OH is 2. The van der Waals surface area contributed by atoms with Gasteiger partial charge in [-0.25, -0.2) is 18.3 Å².